The van der Waals surface area contributed by atoms with Gasteiger partial charge in [-0.05, 0) is 40.4 Å². The maximum Gasteiger partial charge on any atom is 0.250 e. The molecule has 2 heterocycles. The van der Waals surface area contributed by atoms with E-state index in [0.29, 0.717) is 19.4 Å². The number of piperidine rings is 1. The third-order valence-corrected chi connectivity index (χ3v) is 4.92. The van der Waals surface area contributed by atoms with Gasteiger partial charge in [-0.3, -0.25) is 9.69 Å². The molecule has 2 aromatic rings. The minimum atomic E-state index is -0.808. The Hall–Kier alpha value is -1.43. The largest absolute Gasteiger partial charge is 0.388 e. The Labute approximate surface area is 144 Å². The second kappa shape index (κ2) is 6.99. The van der Waals surface area contributed by atoms with Crippen molar-refractivity contribution in [2.45, 2.75) is 31.5 Å². The first-order valence-electron chi connectivity index (χ1n) is 7.89. The van der Waals surface area contributed by atoms with Crippen LogP contribution < -0.4 is 5.56 Å². The first-order chi connectivity index (χ1) is 11.0. The first-order valence-corrected chi connectivity index (χ1v) is 8.68. The predicted molar refractivity (Wildman–Crippen MR) is 94.3 cm³/mol. The summed E-state index contributed by atoms with van der Waals surface area (Å²) in [5.41, 5.74) is 0.409. The molecule has 23 heavy (non-hydrogen) atoms. The summed E-state index contributed by atoms with van der Waals surface area (Å²) in [6.45, 7) is 2.94. The molecule has 0 amide bonds. The highest BCUT2D eigenvalue weighted by Crippen LogP contribution is 2.25. The summed E-state index contributed by atoms with van der Waals surface area (Å²) in [7, 11) is 0. The number of benzene rings is 1. The molecule has 0 bridgehead atoms. The second-order valence-corrected chi connectivity index (χ2v) is 7.22. The first kappa shape index (κ1) is 16.4. The normalized spacial score (nSPS) is 18.0. The quantitative estimate of drug-likeness (QED) is 0.891. The van der Waals surface area contributed by atoms with Gasteiger partial charge in [-0.1, -0.05) is 30.3 Å². The molecule has 1 N–H and O–H groups in total. The molecule has 1 saturated heterocycles. The number of hydrogen-bond acceptors (Lipinski definition) is 3. The monoisotopic (exact) mass is 376 g/mol. The van der Waals surface area contributed by atoms with Gasteiger partial charge in [-0.2, -0.15) is 0 Å². The molecular formula is C18H21BrN2O2. The Bertz CT molecular complexity index is 706. The standard InChI is InChI=1S/C18H21BrN2O2/c19-16-6-7-17(22)21(13-16)14-18(23)8-10-20(11-9-18)12-15-4-2-1-3-5-15/h1-7,13,23H,8-12,14H2. The van der Waals surface area contributed by atoms with Crippen molar-refractivity contribution in [3.8, 4) is 0 Å². The fraction of sp³-hybridized carbons (Fsp3) is 0.389. The lowest BCUT2D eigenvalue weighted by molar-refractivity contribution is -0.0364. The van der Waals surface area contributed by atoms with Crippen molar-refractivity contribution in [3.63, 3.8) is 0 Å². The molecule has 1 aromatic carbocycles. The number of pyridine rings is 1. The zero-order chi connectivity index (χ0) is 16.3. The summed E-state index contributed by atoms with van der Waals surface area (Å²) in [5.74, 6) is 0. The summed E-state index contributed by atoms with van der Waals surface area (Å²) in [5, 5.41) is 10.8. The predicted octanol–water partition coefficient (Wildman–Crippen LogP) is 2.64. The molecule has 0 saturated carbocycles. The van der Waals surface area contributed by atoms with E-state index in [2.05, 4.69) is 45.1 Å². The number of rotatable bonds is 4. The van der Waals surface area contributed by atoms with Crippen molar-refractivity contribution < 1.29 is 5.11 Å². The van der Waals surface area contributed by atoms with Crippen molar-refractivity contribution in [2.75, 3.05) is 13.1 Å². The average molecular weight is 377 g/mol. The molecule has 0 atom stereocenters. The maximum atomic E-state index is 11.9. The molecule has 0 aliphatic carbocycles. The van der Waals surface area contributed by atoms with Crippen LogP contribution in [0.2, 0.25) is 0 Å². The molecule has 122 valence electrons. The second-order valence-electron chi connectivity index (χ2n) is 6.30. The van der Waals surface area contributed by atoms with Crippen LogP contribution in [0.15, 0.2) is 57.9 Å². The van der Waals surface area contributed by atoms with Gasteiger partial charge in [0.05, 0.1) is 12.1 Å². The van der Waals surface area contributed by atoms with Crippen LogP contribution in [0.25, 0.3) is 0 Å². The van der Waals surface area contributed by atoms with Crippen LogP contribution in [-0.2, 0) is 13.1 Å². The van der Waals surface area contributed by atoms with Crippen LogP contribution in [0.4, 0.5) is 0 Å². The molecule has 0 radical (unpaired) electrons. The van der Waals surface area contributed by atoms with Crippen molar-refractivity contribution in [1.82, 2.24) is 9.47 Å². The van der Waals surface area contributed by atoms with E-state index in [-0.39, 0.29) is 5.56 Å². The Morgan fingerprint density at radius 1 is 1.09 bits per heavy atom. The van der Waals surface area contributed by atoms with Crippen LogP contribution in [0.1, 0.15) is 18.4 Å². The molecular weight excluding hydrogens is 356 g/mol. The summed E-state index contributed by atoms with van der Waals surface area (Å²) < 4.78 is 2.44. The zero-order valence-electron chi connectivity index (χ0n) is 13.0. The van der Waals surface area contributed by atoms with Crippen LogP contribution in [0.3, 0.4) is 0 Å². The Balaban J connectivity index is 1.61. The van der Waals surface area contributed by atoms with Gasteiger partial charge in [0.2, 0.25) is 0 Å². The Kier molecular flexibility index (Phi) is 4.99. The number of nitrogens with zero attached hydrogens (tertiary/aromatic N) is 2. The van der Waals surface area contributed by atoms with Crippen LogP contribution in [0.5, 0.6) is 0 Å². The smallest absolute Gasteiger partial charge is 0.250 e. The highest BCUT2D eigenvalue weighted by atomic mass is 79.9. The summed E-state index contributed by atoms with van der Waals surface area (Å²) in [6.07, 6.45) is 3.11. The SMILES string of the molecule is O=c1ccc(Br)cn1CC1(O)CCN(Cc2ccccc2)CC1. The van der Waals surface area contributed by atoms with E-state index in [1.165, 1.54) is 11.6 Å². The van der Waals surface area contributed by atoms with Gasteiger partial charge >= 0.3 is 0 Å². The van der Waals surface area contributed by atoms with E-state index >= 15 is 0 Å². The van der Waals surface area contributed by atoms with Crippen molar-refractivity contribution in [1.29, 1.82) is 0 Å². The molecule has 3 rings (SSSR count). The molecule has 0 spiro atoms. The van der Waals surface area contributed by atoms with Crippen LogP contribution in [0, 0.1) is 0 Å². The molecule has 1 fully saturated rings. The summed E-state index contributed by atoms with van der Waals surface area (Å²) in [4.78, 5) is 14.3. The third kappa shape index (κ3) is 4.31. The Morgan fingerprint density at radius 2 is 1.78 bits per heavy atom. The van der Waals surface area contributed by atoms with Gasteiger partial charge in [0, 0.05) is 36.4 Å². The van der Waals surface area contributed by atoms with Gasteiger partial charge in [-0.15, -0.1) is 0 Å². The van der Waals surface area contributed by atoms with E-state index in [0.717, 1.165) is 24.1 Å². The molecule has 5 heteroatoms. The lowest BCUT2D eigenvalue weighted by Gasteiger charge is -2.38. The van der Waals surface area contributed by atoms with E-state index in [9.17, 15) is 9.90 Å². The van der Waals surface area contributed by atoms with Gasteiger partial charge < -0.3 is 9.67 Å². The summed E-state index contributed by atoms with van der Waals surface area (Å²) in [6, 6.07) is 13.6. The average Bonchev–Trinajstić information content (AvgIpc) is 2.54. The van der Waals surface area contributed by atoms with Crippen LogP contribution in [-0.4, -0.2) is 33.3 Å². The molecule has 0 unspecified atom stereocenters. The summed E-state index contributed by atoms with van der Waals surface area (Å²) >= 11 is 3.38. The fourth-order valence-corrected chi connectivity index (χ4v) is 3.45. The third-order valence-electron chi connectivity index (χ3n) is 4.45. The highest BCUT2D eigenvalue weighted by molar-refractivity contribution is 9.10. The zero-order valence-corrected chi connectivity index (χ0v) is 14.6. The van der Waals surface area contributed by atoms with Gasteiger partial charge in [0.25, 0.3) is 5.56 Å². The van der Waals surface area contributed by atoms with E-state index < -0.39 is 5.60 Å². The molecule has 1 aliphatic rings. The number of aromatic nitrogens is 1. The van der Waals surface area contributed by atoms with Crippen molar-refractivity contribution >= 4 is 15.9 Å². The molecule has 4 nitrogen and oxygen atoms in total. The van der Waals surface area contributed by atoms with Crippen molar-refractivity contribution in [3.05, 3.63) is 69.1 Å². The lowest BCUT2D eigenvalue weighted by Crippen LogP contribution is -2.47. The minimum absolute atomic E-state index is 0.0756. The Morgan fingerprint density at radius 3 is 2.48 bits per heavy atom. The topological polar surface area (TPSA) is 45.5 Å². The molecule has 1 aliphatic heterocycles. The van der Waals surface area contributed by atoms with E-state index in [1.54, 1.807) is 16.8 Å². The van der Waals surface area contributed by atoms with Gasteiger partial charge in [0.15, 0.2) is 0 Å². The maximum absolute atomic E-state index is 11.9. The number of hydrogen-bond donors (Lipinski definition) is 1. The molecule has 1 aromatic heterocycles. The van der Waals surface area contributed by atoms with Gasteiger partial charge in [-0.25, -0.2) is 0 Å². The van der Waals surface area contributed by atoms with Gasteiger partial charge in [0.1, 0.15) is 0 Å². The minimum Gasteiger partial charge on any atom is -0.388 e. The number of halogens is 1. The highest BCUT2D eigenvalue weighted by Gasteiger charge is 2.32. The van der Waals surface area contributed by atoms with E-state index in [1.807, 2.05) is 6.07 Å². The van der Waals surface area contributed by atoms with Crippen molar-refractivity contribution in [2.24, 2.45) is 0 Å². The van der Waals surface area contributed by atoms with E-state index in [4.69, 9.17) is 0 Å². The lowest BCUT2D eigenvalue weighted by atomic mass is 9.91. The number of likely N-dealkylation sites (tertiary alicyclic amines) is 1. The fourth-order valence-electron chi connectivity index (χ4n) is 3.07. The number of aliphatic hydroxyl groups is 1. The van der Waals surface area contributed by atoms with Crippen LogP contribution >= 0.6 is 15.9 Å².